The second kappa shape index (κ2) is 2.04. The highest BCUT2D eigenvalue weighted by Crippen LogP contribution is 2.29. The fraction of sp³-hybridized carbons (Fsp3) is 0.500. The van der Waals surface area contributed by atoms with Gasteiger partial charge in [-0.25, -0.2) is 9.97 Å². The van der Waals surface area contributed by atoms with Gasteiger partial charge in [-0.15, -0.1) is 0 Å². The molecular weight excluding hydrogens is 124 g/mol. The van der Waals surface area contributed by atoms with Gasteiger partial charge >= 0.3 is 0 Å². The molecule has 0 saturated carbocycles. The molecule has 1 unspecified atom stereocenters. The monoisotopic (exact) mass is 134 g/mol. The largest absolute Gasteiger partial charge is 0.245 e. The molecule has 2 rings (SSSR count). The lowest BCUT2D eigenvalue weighted by molar-refractivity contribution is 0.745. The van der Waals surface area contributed by atoms with E-state index < -0.39 is 0 Å². The van der Waals surface area contributed by atoms with Crippen molar-refractivity contribution in [1.29, 1.82) is 0 Å². The Hall–Kier alpha value is -0.920. The third-order valence-corrected chi connectivity index (χ3v) is 2.17. The van der Waals surface area contributed by atoms with Gasteiger partial charge in [0.15, 0.2) is 0 Å². The molecular formula is C8H10N2. The van der Waals surface area contributed by atoms with Gasteiger partial charge in [-0.05, 0) is 24.3 Å². The lowest BCUT2D eigenvalue weighted by atomic mass is 10.1. The predicted molar refractivity (Wildman–Crippen MR) is 38.8 cm³/mol. The molecule has 0 aliphatic heterocycles. The molecule has 1 aliphatic carbocycles. The highest BCUT2D eigenvalue weighted by atomic mass is 14.8. The van der Waals surface area contributed by atoms with E-state index in [2.05, 4.69) is 16.9 Å². The van der Waals surface area contributed by atoms with Gasteiger partial charge in [0.25, 0.3) is 0 Å². The predicted octanol–water partition coefficient (Wildman–Crippen LogP) is 1.53. The first kappa shape index (κ1) is 5.83. The number of nitrogens with zero attached hydrogens (tertiary/aromatic N) is 2. The molecule has 2 nitrogen and oxygen atoms in total. The van der Waals surface area contributed by atoms with Gasteiger partial charge in [0, 0.05) is 11.9 Å². The molecule has 1 heterocycles. The number of aryl methyl sites for hydroxylation is 1. The van der Waals surface area contributed by atoms with Crippen LogP contribution in [0.5, 0.6) is 0 Å². The van der Waals surface area contributed by atoms with Crippen molar-refractivity contribution in [2.75, 3.05) is 0 Å². The maximum atomic E-state index is 4.20. The Labute approximate surface area is 60.3 Å². The van der Waals surface area contributed by atoms with Gasteiger partial charge in [-0.3, -0.25) is 0 Å². The molecule has 1 aromatic heterocycles. The van der Waals surface area contributed by atoms with Crippen molar-refractivity contribution in [3.63, 3.8) is 0 Å². The summed E-state index contributed by atoms with van der Waals surface area (Å²) >= 11 is 0. The zero-order valence-electron chi connectivity index (χ0n) is 6.04. The average Bonchev–Trinajstić information content (AvgIpc) is 2.34. The first-order valence-electron chi connectivity index (χ1n) is 3.66. The van der Waals surface area contributed by atoms with Crippen LogP contribution in [0.3, 0.4) is 0 Å². The SMILES string of the molecule is CC1CCc2ncncc21. The van der Waals surface area contributed by atoms with E-state index in [-0.39, 0.29) is 0 Å². The molecule has 0 radical (unpaired) electrons. The molecule has 0 saturated heterocycles. The minimum Gasteiger partial charge on any atom is -0.245 e. The molecule has 0 amide bonds. The van der Waals surface area contributed by atoms with Crippen molar-refractivity contribution in [1.82, 2.24) is 9.97 Å². The lowest BCUT2D eigenvalue weighted by Crippen LogP contribution is -1.89. The summed E-state index contributed by atoms with van der Waals surface area (Å²) in [5, 5.41) is 0. The van der Waals surface area contributed by atoms with Gasteiger partial charge < -0.3 is 0 Å². The zero-order valence-corrected chi connectivity index (χ0v) is 6.04. The van der Waals surface area contributed by atoms with Crippen LogP contribution in [-0.2, 0) is 6.42 Å². The van der Waals surface area contributed by atoms with E-state index in [1.165, 1.54) is 17.7 Å². The molecule has 0 spiro atoms. The summed E-state index contributed by atoms with van der Waals surface area (Å²) in [5.41, 5.74) is 2.60. The van der Waals surface area contributed by atoms with E-state index in [9.17, 15) is 0 Å². The highest BCUT2D eigenvalue weighted by molar-refractivity contribution is 5.25. The van der Waals surface area contributed by atoms with Crippen LogP contribution in [0.4, 0.5) is 0 Å². The van der Waals surface area contributed by atoms with Gasteiger partial charge in [-0.2, -0.15) is 0 Å². The van der Waals surface area contributed by atoms with Crippen LogP contribution in [0.1, 0.15) is 30.5 Å². The second-order valence-corrected chi connectivity index (χ2v) is 2.86. The average molecular weight is 134 g/mol. The van der Waals surface area contributed by atoms with Crippen molar-refractivity contribution in [3.8, 4) is 0 Å². The third kappa shape index (κ3) is 0.719. The Morgan fingerprint density at radius 1 is 1.60 bits per heavy atom. The van der Waals surface area contributed by atoms with E-state index in [1.807, 2.05) is 6.20 Å². The molecule has 0 fully saturated rings. The van der Waals surface area contributed by atoms with Crippen LogP contribution in [0.25, 0.3) is 0 Å². The van der Waals surface area contributed by atoms with E-state index in [1.54, 1.807) is 6.33 Å². The minimum absolute atomic E-state index is 0.677. The number of hydrogen-bond donors (Lipinski definition) is 0. The topological polar surface area (TPSA) is 25.8 Å². The third-order valence-electron chi connectivity index (χ3n) is 2.17. The Morgan fingerprint density at radius 2 is 2.50 bits per heavy atom. The molecule has 0 N–H and O–H groups in total. The summed E-state index contributed by atoms with van der Waals surface area (Å²) in [6, 6.07) is 0. The van der Waals surface area contributed by atoms with Crippen LogP contribution in [0.2, 0.25) is 0 Å². The normalized spacial score (nSPS) is 22.7. The van der Waals surface area contributed by atoms with Crippen molar-refractivity contribution in [3.05, 3.63) is 23.8 Å². The van der Waals surface area contributed by atoms with Crippen molar-refractivity contribution >= 4 is 0 Å². The number of hydrogen-bond acceptors (Lipinski definition) is 2. The molecule has 10 heavy (non-hydrogen) atoms. The smallest absolute Gasteiger partial charge is 0.115 e. The van der Waals surface area contributed by atoms with E-state index in [0.29, 0.717) is 5.92 Å². The molecule has 52 valence electrons. The first-order valence-corrected chi connectivity index (χ1v) is 3.66. The maximum Gasteiger partial charge on any atom is 0.115 e. The lowest BCUT2D eigenvalue weighted by Gasteiger charge is -1.99. The van der Waals surface area contributed by atoms with Crippen LogP contribution in [0.15, 0.2) is 12.5 Å². The van der Waals surface area contributed by atoms with Crippen molar-refractivity contribution in [2.24, 2.45) is 0 Å². The fourth-order valence-electron chi connectivity index (χ4n) is 1.49. The summed E-state index contributed by atoms with van der Waals surface area (Å²) in [6.07, 6.45) is 5.96. The summed E-state index contributed by atoms with van der Waals surface area (Å²) in [6.45, 7) is 2.23. The molecule has 1 atom stereocenters. The Balaban J connectivity index is 2.51. The quantitative estimate of drug-likeness (QED) is 0.537. The second-order valence-electron chi connectivity index (χ2n) is 2.86. The summed E-state index contributed by atoms with van der Waals surface area (Å²) < 4.78 is 0. The minimum atomic E-state index is 0.677. The molecule has 0 bridgehead atoms. The van der Waals surface area contributed by atoms with Crippen molar-refractivity contribution < 1.29 is 0 Å². The fourth-order valence-corrected chi connectivity index (χ4v) is 1.49. The standard InChI is InChI=1S/C8H10N2/c1-6-2-3-8-7(6)4-9-5-10-8/h4-6H,2-3H2,1H3. The molecule has 2 heteroatoms. The number of rotatable bonds is 0. The van der Waals surface area contributed by atoms with Crippen molar-refractivity contribution in [2.45, 2.75) is 25.7 Å². The Bertz CT molecular complexity index is 245. The van der Waals surface area contributed by atoms with Gasteiger partial charge in [0.1, 0.15) is 6.33 Å². The summed E-state index contributed by atoms with van der Waals surface area (Å²) in [7, 11) is 0. The molecule has 0 aromatic carbocycles. The number of fused-ring (bicyclic) bond motifs is 1. The van der Waals surface area contributed by atoms with Crippen LogP contribution in [0, 0.1) is 0 Å². The van der Waals surface area contributed by atoms with E-state index in [4.69, 9.17) is 0 Å². The van der Waals surface area contributed by atoms with E-state index in [0.717, 1.165) is 6.42 Å². The Kier molecular flexibility index (Phi) is 1.19. The number of aromatic nitrogens is 2. The van der Waals surface area contributed by atoms with Crippen LogP contribution >= 0.6 is 0 Å². The molecule has 1 aromatic rings. The van der Waals surface area contributed by atoms with Gasteiger partial charge in [0.2, 0.25) is 0 Å². The first-order chi connectivity index (χ1) is 4.88. The van der Waals surface area contributed by atoms with Crippen LogP contribution in [-0.4, -0.2) is 9.97 Å². The van der Waals surface area contributed by atoms with Gasteiger partial charge in [0.05, 0.1) is 0 Å². The maximum absolute atomic E-state index is 4.20. The molecule has 1 aliphatic rings. The Morgan fingerprint density at radius 3 is 3.30 bits per heavy atom. The van der Waals surface area contributed by atoms with Crippen LogP contribution < -0.4 is 0 Å². The highest BCUT2D eigenvalue weighted by Gasteiger charge is 2.18. The van der Waals surface area contributed by atoms with E-state index >= 15 is 0 Å². The summed E-state index contributed by atoms with van der Waals surface area (Å²) in [4.78, 5) is 8.19. The zero-order chi connectivity index (χ0) is 6.97. The summed E-state index contributed by atoms with van der Waals surface area (Å²) in [5.74, 6) is 0.677. The van der Waals surface area contributed by atoms with Gasteiger partial charge in [-0.1, -0.05) is 6.92 Å².